The van der Waals surface area contributed by atoms with Crippen molar-refractivity contribution in [1.29, 1.82) is 0 Å². The zero-order valence-corrected chi connectivity index (χ0v) is 11.8. The van der Waals surface area contributed by atoms with Gasteiger partial charge in [0.2, 0.25) is 5.95 Å². The summed E-state index contributed by atoms with van der Waals surface area (Å²) in [4.78, 5) is 4.42. The second-order valence-corrected chi connectivity index (χ2v) is 4.90. The van der Waals surface area contributed by atoms with Crippen LogP contribution in [0.4, 0.5) is 5.95 Å². The summed E-state index contributed by atoms with van der Waals surface area (Å²) in [5, 5.41) is 21.0. The summed E-state index contributed by atoms with van der Waals surface area (Å²) in [6.45, 7) is 8.75. The Labute approximate surface area is 109 Å². The fourth-order valence-electron chi connectivity index (χ4n) is 1.85. The highest BCUT2D eigenvalue weighted by molar-refractivity contribution is 5.25. The van der Waals surface area contributed by atoms with Gasteiger partial charge in [0.1, 0.15) is 0 Å². The first-order valence-corrected chi connectivity index (χ1v) is 6.71. The number of aryl methyl sites for hydroxylation is 2. The number of hydrogen-bond donors (Lipinski definition) is 2. The van der Waals surface area contributed by atoms with Crippen molar-refractivity contribution < 1.29 is 5.11 Å². The van der Waals surface area contributed by atoms with E-state index in [9.17, 15) is 5.11 Å². The average Bonchev–Trinajstić information content (AvgIpc) is 2.35. The Bertz CT molecular complexity index is 368. The van der Waals surface area contributed by atoms with E-state index in [1.165, 1.54) is 0 Å². The van der Waals surface area contributed by atoms with Crippen LogP contribution in [0.1, 0.15) is 45.5 Å². The normalized spacial score (nSPS) is 12.8. The van der Waals surface area contributed by atoms with Gasteiger partial charge in [-0.1, -0.05) is 27.7 Å². The van der Waals surface area contributed by atoms with Crippen molar-refractivity contribution in [3.63, 3.8) is 0 Å². The highest BCUT2D eigenvalue weighted by atomic mass is 16.3. The molecule has 5 heteroatoms. The monoisotopic (exact) mass is 252 g/mol. The number of rotatable bonds is 7. The Kier molecular flexibility index (Phi) is 5.98. The molecule has 0 aliphatic rings. The van der Waals surface area contributed by atoms with Crippen LogP contribution < -0.4 is 5.32 Å². The summed E-state index contributed by atoms with van der Waals surface area (Å²) in [7, 11) is 0. The van der Waals surface area contributed by atoms with E-state index in [0.29, 0.717) is 18.4 Å². The molecular formula is C13H24N4O. The number of aromatic nitrogens is 3. The Hall–Kier alpha value is -1.23. The summed E-state index contributed by atoms with van der Waals surface area (Å²) in [6, 6.07) is 0. The van der Waals surface area contributed by atoms with Crippen LogP contribution in [0.15, 0.2) is 0 Å². The number of hydrogen-bond acceptors (Lipinski definition) is 5. The molecule has 0 amide bonds. The van der Waals surface area contributed by atoms with Crippen molar-refractivity contribution >= 4 is 5.95 Å². The zero-order chi connectivity index (χ0) is 13.5. The molecule has 102 valence electrons. The molecular weight excluding hydrogens is 228 g/mol. The van der Waals surface area contributed by atoms with E-state index in [2.05, 4.69) is 41.3 Å². The van der Waals surface area contributed by atoms with Crippen LogP contribution in [-0.2, 0) is 12.8 Å². The molecule has 1 atom stereocenters. The van der Waals surface area contributed by atoms with Gasteiger partial charge in [0.15, 0.2) is 0 Å². The van der Waals surface area contributed by atoms with E-state index >= 15 is 0 Å². The number of nitrogens with one attached hydrogen (secondary N) is 1. The maximum atomic E-state index is 9.77. The molecule has 0 aromatic carbocycles. The van der Waals surface area contributed by atoms with E-state index < -0.39 is 0 Å². The zero-order valence-electron chi connectivity index (χ0n) is 11.8. The van der Waals surface area contributed by atoms with Gasteiger partial charge in [-0.3, -0.25) is 0 Å². The Morgan fingerprint density at radius 1 is 1.11 bits per heavy atom. The molecule has 18 heavy (non-hydrogen) atoms. The number of aliphatic hydroxyl groups excluding tert-OH is 1. The lowest BCUT2D eigenvalue weighted by molar-refractivity contribution is 0.161. The van der Waals surface area contributed by atoms with Crippen molar-refractivity contribution in [3.05, 3.63) is 11.4 Å². The van der Waals surface area contributed by atoms with Crippen LogP contribution in [0, 0.1) is 5.92 Å². The van der Waals surface area contributed by atoms with Crippen LogP contribution in [0.2, 0.25) is 0 Å². The quantitative estimate of drug-likeness (QED) is 0.774. The van der Waals surface area contributed by atoms with Crippen molar-refractivity contribution in [2.24, 2.45) is 5.92 Å². The molecule has 1 aromatic heterocycles. The minimum atomic E-state index is -0.371. The Morgan fingerprint density at radius 2 is 1.78 bits per heavy atom. The highest BCUT2D eigenvalue weighted by Gasteiger charge is 2.09. The summed E-state index contributed by atoms with van der Waals surface area (Å²) < 4.78 is 0. The van der Waals surface area contributed by atoms with Gasteiger partial charge in [-0.05, 0) is 25.2 Å². The van der Waals surface area contributed by atoms with E-state index in [-0.39, 0.29) is 6.10 Å². The van der Waals surface area contributed by atoms with Crippen LogP contribution >= 0.6 is 0 Å². The summed E-state index contributed by atoms with van der Waals surface area (Å²) in [6.07, 6.45) is 2.10. The lowest BCUT2D eigenvalue weighted by atomic mass is 10.1. The largest absolute Gasteiger partial charge is 0.391 e. The van der Waals surface area contributed by atoms with Crippen molar-refractivity contribution in [2.45, 2.75) is 53.1 Å². The molecule has 1 unspecified atom stereocenters. The molecule has 0 bridgehead atoms. The van der Waals surface area contributed by atoms with Crippen LogP contribution in [0.25, 0.3) is 0 Å². The fourth-order valence-corrected chi connectivity index (χ4v) is 1.85. The third kappa shape index (κ3) is 4.56. The average molecular weight is 252 g/mol. The van der Waals surface area contributed by atoms with Crippen molar-refractivity contribution in [2.75, 3.05) is 11.9 Å². The number of nitrogens with zero attached hydrogens (tertiary/aromatic N) is 3. The van der Waals surface area contributed by atoms with Gasteiger partial charge in [0, 0.05) is 6.54 Å². The third-order valence-electron chi connectivity index (χ3n) is 2.75. The highest BCUT2D eigenvalue weighted by Crippen LogP contribution is 2.08. The Balaban J connectivity index is 2.57. The third-order valence-corrected chi connectivity index (χ3v) is 2.75. The van der Waals surface area contributed by atoms with E-state index in [1.54, 1.807) is 0 Å². The van der Waals surface area contributed by atoms with Gasteiger partial charge in [-0.25, -0.2) is 4.98 Å². The number of anilines is 1. The molecule has 0 saturated carbocycles. The number of aliphatic hydroxyl groups is 1. The molecule has 0 saturated heterocycles. The molecule has 0 aliphatic carbocycles. The first kappa shape index (κ1) is 14.8. The van der Waals surface area contributed by atoms with E-state index in [1.807, 2.05) is 6.92 Å². The lowest BCUT2D eigenvalue weighted by Crippen LogP contribution is -2.22. The first-order valence-electron chi connectivity index (χ1n) is 6.71. The molecule has 0 fully saturated rings. The maximum absolute atomic E-state index is 9.77. The molecule has 1 rings (SSSR count). The maximum Gasteiger partial charge on any atom is 0.243 e. The van der Waals surface area contributed by atoms with Crippen molar-refractivity contribution in [3.8, 4) is 0 Å². The predicted molar refractivity (Wildman–Crippen MR) is 72.5 cm³/mol. The van der Waals surface area contributed by atoms with Gasteiger partial charge >= 0.3 is 0 Å². The minimum Gasteiger partial charge on any atom is -0.391 e. The molecule has 1 aromatic rings. The van der Waals surface area contributed by atoms with E-state index in [4.69, 9.17) is 0 Å². The van der Waals surface area contributed by atoms with Gasteiger partial charge in [0.25, 0.3) is 0 Å². The summed E-state index contributed by atoms with van der Waals surface area (Å²) in [5.41, 5.74) is 1.93. The van der Waals surface area contributed by atoms with Crippen molar-refractivity contribution in [1.82, 2.24) is 15.2 Å². The molecule has 1 heterocycles. The van der Waals surface area contributed by atoms with Crippen LogP contribution in [-0.4, -0.2) is 32.9 Å². The van der Waals surface area contributed by atoms with Gasteiger partial charge in [-0.15, -0.1) is 5.10 Å². The molecule has 0 aliphatic heterocycles. The predicted octanol–water partition coefficient (Wildman–Crippen LogP) is 1.82. The SMILES string of the molecule is CCc1nnc(NCC(O)CC(C)C)nc1CC. The van der Waals surface area contributed by atoms with Crippen LogP contribution in [0.3, 0.4) is 0 Å². The summed E-state index contributed by atoms with van der Waals surface area (Å²) in [5.74, 6) is 0.987. The van der Waals surface area contributed by atoms with E-state index in [0.717, 1.165) is 30.7 Å². The first-order chi connectivity index (χ1) is 8.56. The lowest BCUT2D eigenvalue weighted by Gasteiger charge is -2.14. The van der Waals surface area contributed by atoms with Gasteiger partial charge < -0.3 is 10.4 Å². The van der Waals surface area contributed by atoms with Crippen LogP contribution in [0.5, 0.6) is 0 Å². The van der Waals surface area contributed by atoms with Gasteiger partial charge in [0.05, 0.1) is 17.5 Å². The second-order valence-electron chi connectivity index (χ2n) is 4.90. The Morgan fingerprint density at radius 3 is 2.33 bits per heavy atom. The smallest absolute Gasteiger partial charge is 0.243 e. The molecule has 2 N–H and O–H groups in total. The minimum absolute atomic E-state index is 0.371. The molecule has 5 nitrogen and oxygen atoms in total. The summed E-state index contributed by atoms with van der Waals surface area (Å²) >= 11 is 0. The molecule has 0 radical (unpaired) electrons. The topological polar surface area (TPSA) is 70.9 Å². The fraction of sp³-hybridized carbons (Fsp3) is 0.769. The standard InChI is InChI=1S/C13H24N4O/c1-5-11-12(6-2)16-17-13(15-11)14-8-10(18)7-9(3)4/h9-10,18H,5-8H2,1-4H3,(H,14,15,17). The second kappa shape index (κ2) is 7.26. The van der Waals surface area contributed by atoms with Gasteiger partial charge in [-0.2, -0.15) is 5.10 Å². The molecule has 0 spiro atoms.